The molecule has 0 saturated carbocycles. The summed E-state index contributed by atoms with van der Waals surface area (Å²) in [5.74, 6) is 2.80. The molecule has 0 radical (unpaired) electrons. The molecule has 2 N–H and O–H groups in total. The van der Waals surface area contributed by atoms with E-state index in [2.05, 4.69) is 22.5 Å². The van der Waals surface area contributed by atoms with E-state index >= 15 is 0 Å². The zero-order valence-electron chi connectivity index (χ0n) is 5.47. The van der Waals surface area contributed by atoms with Gasteiger partial charge in [0.25, 0.3) is 0 Å². The van der Waals surface area contributed by atoms with Crippen molar-refractivity contribution in [1.82, 2.24) is 0 Å². The molecule has 0 aromatic rings. The molecule has 3 heteroatoms. The number of primary amides is 1. The normalized spacial score (nSPS) is 7.89. The average molecular weight is 127 g/mol. The van der Waals surface area contributed by atoms with Crippen molar-refractivity contribution in [3.05, 3.63) is 0 Å². The summed E-state index contributed by atoms with van der Waals surface area (Å²) < 4.78 is 4.13. The third kappa shape index (κ3) is 6.83. The second-order valence-electron chi connectivity index (χ2n) is 1.82. The molecule has 0 spiro atoms. The van der Waals surface area contributed by atoms with E-state index in [1.165, 1.54) is 0 Å². The SMILES string of the molecule is CC(C)C#COC(N)=O. The third-order valence-electron chi connectivity index (χ3n) is 0.499. The lowest BCUT2D eigenvalue weighted by atomic mass is 10.2. The maximum absolute atomic E-state index is 9.88. The van der Waals surface area contributed by atoms with Crippen LogP contribution in [0.25, 0.3) is 0 Å². The molecule has 0 rings (SSSR count). The van der Waals surface area contributed by atoms with Crippen LogP contribution in [-0.2, 0) is 4.74 Å². The summed E-state index contributed by atoms with van der Waals surface area (Å²) in [6.45, 7) is 3.77. The number of carbonyl (C=O) groups is 1. The number of nitrogens with two attached hydrogens (primary N) is 1. The number of hydrogen-bond acceptors (Lipinski definition) is 2. The van der Waals surface area contributed by atoms with Crippen molar-refractivity contribution in [2.75, 3.05) is 0 Å². The summed E-state index contributed by atoms with van der Waals surface area (Å²) in [5, 5.41) is 0. The van der Waals surface area contributed by atoms with Crippen LogP contribution >= 0.6 is 0 Å². The van der Waals surface area contributed by atoms with Crippen molar-refractivity contribution in [3.8, 4) is 12.0 Å². The first-order valence-corrected chi connectivity index (χ1v) is 2.59. The minimum Gasteiger partial charge on any atom is -0.356 e. The average Bonchev–Trinajstić information content (AvgIpc) is 1.63. The van der Waals surface area contributed by atoms with Crippen LogP contribution in [0, 0.1) is 17.9 Å². The van der Waals surface area contributed by atoms with Crippen LogP contribution in [0.5, 0.6) is 0 Å². The van der Waals surface area contributed by atoms with Crippen molar-refractivity contribution in [2.24, 2.45) is 11.7 Å². The maximum Gasteiger partial charge on any atom is 0.418 e. The van der Waals surface area contributed by atoms with Crippen LogP contribution in [0.15, 0.2) is 0 Å². The van der Waals surface area contributed by atoms with Gasteiger partial charge in [0, 0.05) is 5.92 Å². The molecule has 0 saturated heterocycles. The number of ether oxygens (including phenoxy) is 1. The first-order valence-electron chi connectivity index (χ1n) is 2.59. The monoisotopic (exact) mass is 127 g/mol. The molecular weight excluding hydrogens is 118 g/mol. The summed E-state index contributed by atoms with van der Waals surface area (Å²) in [6.07, 6.45) is 1.30. The van der Waals surface area contributed by atoms with Gasteiger partial charge in [0.2, 0.25) is 0 Å². The van der Waals surface area contributed by atoms with Gasteiger partial charge < -0.3 is 10.5 Å². The van der Waals surface area contributed by atoms with Crippen LogP contribution in [0.2, 0.25) is 0 Å². The lowest BCUT2D eigenvalue weighted by Gasteiger charge is -1.86. The smallest absolute Gasteiger partial charge is 0.356 e. The Hall–Kier alpha value is -1.17. The van der Waals surface area contributed by atoms with Gasteiger partial charge in [-0.05, 0) is 0 Å². The molecule has 0 aliphatic carbocycles. The minimum absolute atomic E-state index is 0.198. The molecule has 9 heavy (non-hydrogen) atoms. The van der Waals surface area contributed by atoms with Crippen molar-refractivity contribution in [2.45, 2.75) is 13.8 Å². The Bertz CT molecular complexity index is 152. The molecule has 0 aromatic carbocycles. The molecule has 3 nitrogen and oxygen atoms in total. The molecule has 0 unspecified atom stereocenters. The van der Waals surface area contributed by atoms with Gasteiger partial charge in [-0.2, -0.15) is 0 Å². The molecule has 0 aromatic heterocycles. The van der Waals surface area contributed by atoms with Gasteiger partial charge >= 0.3 is 6.09 Å². The lowest BCUT2D eigenvalue weighted by Crippen LogP contribution is -2.09. The molecule has 0 aliphatic rings. The summed E-state index contributed by atoms with van der Waals surface area (Å²) in [4.78, 5) is 9.88. The number of hydrogen-bond donors (Lipinski definition) is 1. The maximum atomic E-state index is 9.88. The molecular formula is C6H9NO2. The fourth-order valence-electron chi connectivity index (χ4n) is 0.198. The van der Waals surface area contributed by atoms with E-state index in [4.69, 9.17) is 0 Å². The van der Waals surface area contributed by atoms with Crippen molar-refractivity contribution in [1.29, 1.82) is 0 Å². The standard InChI is InChI=1S/C6H9NO2/c1-5(2)3-4-9-6(7)8/h5H,1-2H3,(H2,7,8). The van der Waals surface area contributed by atoms with Crippen LogP contribution in [0.1, 0.15) is 13.8 Å². The highest BCUT2D eigenvalue weighted by Gasteiger charge is 1.85. The Balaban J connectivity index is 3.50. The highest BCUT2D eigenvalue weighted by molar-refractivity contribution is 5.65. The van der Waals surface area contributed by atoms with E-state index in [1.54, 1.807) is 0 Å². The second-order valence-corrected chi connectivity index (χ2v) is 1.82. The van der Waals surface area contributed by atoms with E-state index in [9.17, 15) is 4.79 Å². The van der Waals surface area contributed by atoms with Crippen molar-refractivity contribution >= 4 is 6.09 Å². The van der Waals surface area contributed by atoms with Gasteiger partial charge in [-0.1, -0.05) is 19.8 Å². The van der Waals surface area contributed by atoms with Gasteiger partial charge in [0.1, 0.15) is 6.11 Å². The van der Waals surface area contributed by atoms with Crippen LogP contribution < -0.4 is 5.73 Å². The highest BCUT2D eigenvalue weighted by atomic mass is 16.5. The summed E-state index contributed by atoms with van der Waals surface area (Å²) in [6, 6.07) is 0. The molecule has 0 bridgehead atoms. The molecule has 0 atom stereocenters. The lowest BCUT2D eigenvalue weighted by molar-refractivity contribution is 0.202. The quantitative estimate of drug-likeness (QED) is 0.487. The summed E-state index contributed by atoms with van der Waals surface area (Å²) in [5.41, 5.74) is 4.62. The summed E-state index contributed by atoms with van der Waals surface area (Å²) >= 11 is 0. The van der Waals surface area contributed by atoms with E-state index in [0.29, 0.717) is 0 Å². The Morgan fingerprint density at radius 1 is 1.67 bits per heavy atom. The summed E-state index contributed by atoms with van der Waals surface area (Å²) in [7, 11) is 0. The van der Waals surface area contributed by atoms with Gasteiger partial charge in [0.05, 0.1) is 0 Å². The van der Waals surface area contributed by atoms with Crippen molar-refractivity contribution in [3.63, 3.8) is 0 Å². The van der Waals surface area contributed by atoms with E-state index in [-0.39, 0.29) is 5.92 Å². The van der Waals surface area contributed by atoms with E-state index < -0.39 is 6.09 Å². The van der Waals surface area contributed by atoms with Crippen LogP contribution in [0.3, 0.4) is 0 Å². The first kappa shape index (κ1) is 7.83. The van der Waals surface area contributed by atoms with E-state index in [0.717, 1.165) is 0 Å². The molecule has 1 amide bonds. The molecule has 50 valence electrons. The Morgan fingerprint density at radius 2 is 2.22 bits per heavy atom. The van der Waals surface area contributed by atoms with Gasteiger partial charge in [-0.15, -0.1) is 0 Å². The number of amides is 1. The topological polar surface area (TPSA) is 52.3 Å². The Morgan fingerprint density at radius 3 is 2.56 bits per heavy atom. The number of carbonyl (C=O) groups excluding carboxylic acids is 1. The first-order chi connectivity index (χ1) is 4.13. The fourth-order valence-corrected chi connectivity index (χ4v) is 0.198. The Labute approximate surface area is 54.2 Å². The zero-order valence-corrected chi connectivity index (χ0v) is 5.47. The van der Waals surface area contributed by atoms with Crippen LogP contribution in [-0.4, -0.2) is 6.09 Å². The fraction of sp³-hybridized carbons (Fsp3) is 0.500. The third-order valence-corrected chi connectivity index (χ3v) is 0.499. The number of rotatable bonds is 0. The highest BCUT2D eigenvalue weighted by Crippen LogP contribution is 1.85. The Kier molecular flexibility index (Phi) is 3.29. The largest absolute Gasteiger partial charge is 0.418 e. The van der Waals surface area contributed by atoms with Gasteiger partial charge in [-0.25, -0.2) is 4.79 Å². The second kappa shape index (κ2) is 3.79. The van der Waals surface area contributed by atoms with E-state index in [1.807, 2.05) is 13.8 Å². The molecule has 0 aliphatic heterocycles. The predicted molar refractivity (Wildman–Crippen MR) is 33.3 cm³/mol. The predicted octanol–water partition coefficient (Wildman–Crippen LogP) is 0.699. The zero-order chi connectivity index (χ0) is 7.28. The van der Waals surface area contributed by atoms with Crippen molar-refractivity contribution < 1.29 is 9.53 Å². The molecule has 0 heterocycles. The minimum atomic E-state index is -0.858. The van der Waals surface area contributed by atoms with Crippen LogP contribution in [0.4, 0.5) is 4.79 Å². The van der Waals surface area contributed by atoms with Gasteiger partial charge in [-0.3, -0.25) is 0 Å². The van der Waals surface area contributed by atoms with Gasteiger partial charge in [0.15, 0.2) is 0 Å². The molecule has 0 fully saturated rings.